The number of halogens is 1. The first-order chi connectivity index (χ1) is 11.6. The summed E-state index contributed by atoms with van der Waals surface area (Å²) in [5.74, 6) is 0.275. The van der Waals surface area contributed by atoms with E-state index < -0.39 is 6.04 Å². The molecule has 0 aliphatic carbocycles. The summed E-state index contributed by atoms with van der Waals surface area (Å²) in [4.78, 5) is 26.8. The molecule has 124 valence electrons. The highest BCUT2D eigenvalue weighted by atomic mass is 32.2. The van der Waals surface area contributed by atoms with Gasteiger partial charge in [-0.3, -0.25) is 9.59 Å². The number of thioether (sulfide) groups is 1. The number of amides is 2. The van der Waals surface area contributed by atoms with Gasteiger partial charge in [-0.1, -0.05) is 18.2 Å². The third-order valence-electron chi connectivity index (χ3n) is 3.91. The van der Waals surface area contributed by atoms with Gasteiger partial charge in [0.25, 0.3) is 5.91 Å². The number of rotatable bonds is 3. The van der Waals surface area contributed by atoms with Crippen molar-refractivity contribution in [3.05, 3.63) is 65.5 Å². The van der Waals surface area contributed by atoms with Crippen LogP contribution in [0.2, 0.25) is 0 Å². The molecule has 1 heterocycles. The number of nitrogens with one attached hydrogen (secondary N) is 1. The maximum absolute atomic E-state index is 13.2. The summed E-state index contributed by atoms with van der Waals surface area (Å²) in [5, 5.41) is 2.80. The predicted molar refractivity (Wildman–Crippen MR) is 93.5 cm³/mol. The summed E-state index contributed by atoms with van der Waals surface area (Å²) in [6, 6.07) is 12.6. The van der Waals surface area contributed by atoms with Crippen LogP contribution >= 0.6 is 11.8 Å². The Labute approximate surface area is 144 Å². The van der Waals surface area contributed by atoms with Crippen LogP contribution in [-0.4, -0.2) is 34.4 Å². The molecule has 1 atom stereocenters. The van der Waals surface area contributed by atoms with Gasteiger partial charge < -0.3 is 10.2 Å². The van der Waals surface area contributed by atoms with Crippen molar-refractivity contribution < 1.29 is 14.0 Å². The summed E-state index contributed by atoms with van der Waals surface area (Å²) in [6.45, 7) is 1.73. The number of carbonyl (C=O) groups excluding carboxylic acids is 2. The molecule has 1 fully saturated rings. The molecule has 0 radical (unpaired) electrons. The molecule has 2 amide bonds. The summed E-state index contributed by atoms with van der Waals surface area (Å²) >= 11 is 1.54. The van der Waals surface area contributed by atoms with Gasteiger partial charge in [0.15, 0.2) is 0 Å². The fourth-order valence-corrected chi connectivity index (χ4v) is 3.74. The minimum absolute atomic E-state index is 0.156. The van der Waals surface area contributed by atoms with E-state index in [4.69, 9.17) is 0 Å². The Hall–Kier alpha value is -2.34. The van der Waals surface area contributed by atoms with Gasteiger partial charge in [0.05, 0.1) is 5.88 Å². The van der Waals surface area contributed by atoms with E-state index in [1.165, 1.54) is 18.2 Å². The quantitative estimate of drug-likeness (QED) is 0.929. The second-order valence-corrected chi connectivity index (χ2v) is 6.60. The second-order valence-electron chi connectivity index (χ2n) is 5.61. The zero-order valence-corrected chi connectivity index (χ0v) is 14.0. The van der Waals surface area contributed by atoms with Crippen LogP contribution in [0.25, 0.3) is 0 Å². The van der Waals surface area contributed by atoms with Crippen molar-refractivity contribution in [2.75, 3.05) is 16.9 Å². The van der Waals surface area contributed by atoms with Gasteiger partial charge in [0, 0.05) is 17.0 Å². The Kier molecular flexibility index (Phi) is 4.85. The Bertz CT molecular complexity index is 767. The maximum Gasteiger partial charge on any atom is 0.255 e. The molecular weight excluding hydrogens is 327 g/mol. The van der Waals surface area contributed by atoms with Gasteiger partial charge in [-0.2, -0.15) is 0 Å². The zero-order chi connectivity index (χ0) is 17.1. The van der Waals surface area contributed by atoms with Crippen molar-refractivity contribution in [3.8, 4) is 0 Å². The van der Waals surface area contributed by atoms with Gasteiger partial charge in [-0.05, 0) is 42.8 Å². The van der Waals surface area contributed by atoms with Crippen molar-refractivity contribution >= 4 is 29.3 Å². The van der Waals surface area contributed by atoms with E-state index >= 15 is 0 Å². The minimum Gasteiger partial charge on any atom is -0.324 e. The van der Waals surface area contributed by atoms with Crippen LogP contribution < -0.4 is 5.32 Å². The Balaban J connectivity index is 1.75. The van der Waals surface area contributed by atoms with Crippen molar-refractivity contribution in [2.24, 2.45) is 0 Å². The average molecular weight is 344 g/mol. The van der Waals surface area contributed by atoms with Crippen LogP contribution in [0.15, 0.2) is 48.5 Å². The summed E-state index contributed by atoms with van der Waals surface area (Å²) in [6.07, 6.45) is 0. The van der Waals surface area contributed by atoms with E-state index in [1.54, 1.807) is 47.9 Å². The molecule has 0 aromatic heterocycles. The van der Waals surface area contributed by atoms with E-state index in [0.717, 1.165) is 0 Å². The first-order valence-corrected chi connectivity index (χ1v) is 8.72. The molecule has 1 saturated heterocycles. The summed E-state index contributed by atoms with van der Waals surface area (Å²) in [5.41, 5.74) is 1.77. The van der Waals surface area contributed by atoms with E-state index in [2.05, 4.69) is 5.32 Å². The Morgan fingerprint density at radius 3 is 2.67 bits per heavy atom. The summed E-state index contributed by atoms with van der Waals surface area (Å²) in [7, 11) is 0. The van der Waals surface area contributed by atoms with Crippen molar-refractivity contribution in [3.63, 3.8) is 0 Å². The van der Waals surface area contributed by atoms with Crippen molar-refractivity contribution in [2.45, 2.75) is 13.0 Å². The lowest BCUT2D eigenvalue weighted by Gasteiger charge is -2.23. The standard InChI is InChI=1S/C18H17FN2O2S/c1-12-9-14(19)7-8-15(12)20-17(22)16-10-24-11-21(16)18(23)13-5-3-2-4-6-13/h2-9,16H,10-11H2,1H3,(H,20,22)/t16-/m1/s1. The highest BCUT2D eigenvalue weighted by Gasteiger charge is 2.35. The van der Waals surface area contributed by atoms with E-state index in [0.29, 0.717) is 28.4 Å². The van der Waals surface area contributed by atoms with Gasteiger partial charge >= 0.3 is 0 Å². The van der Waals surface area contributed by atoms with Crippen molar-refractivity contribution in [1.82, 2.24) is 4.90 Å². The van der Waals surface area contributed by atoms with E-state index in [-0.39, 0.29) is 17.6 Å². The highest BCUT2D eigenvalue weighted by molar-refractivity contribution is 7.99. The van der Waals surface area contributed by atoms with E-state index in [1.807, 2.05) is 6.07 Å². The van der Waals surface area contributed by atoms with Crippen molar-refractivity contribution in [1.29, 1.82) is 0 Å². The van der Waals surface area contributed by atoms with Crippen LogP contribution in [0.3, 0.4) is 0 Å². The zero-order valence-electron chi connectivity index (χ0n) is 13.2. The smallest absolute Gasteiger partial charge is 0.255 e. The number of carbonyl (C=O) groups is 2. The third kappa shape index (κ3) is 3.43. The van der Waals surface area contributed by atoms with Crippen LogP contribution in [0.4, 0.5) is 10.1 Å². The fraction of sp³-hybridized carbons (Fsp3) is 0.222. The molecule has 24 heavy (non-hydrogen) atoms. The molecule has 1 aliphatic heterocycles. The topological polar surface area (TPSA) is 49.4 Å². The van der Waals surface area contributed by atoms with Crippen LogP contribution in [0.5, 0.6) is 0 Å². The molecule has 2 aromatic rings. The number of benzene rings is 2. The van der Waals surface area contributed by atoms with Gasteiger partial charge in [-0.25, -0.2) is 4.39 Å². The van der Waals surface area contributed by atoms with Crippen LogP contribution in [-0.2, 0) is 4.79 Å². The van der Waals surface area contributed by atoms with Crippen LogP contribution in [0, 0.1) is 12.7 Å². The van der Waals surface area contributed by atoms with Crippen LogP contribution in [0.1, 0.15) is 15.9 Å². The summed E-state index contributed by atoms with van der Waals surface area (Å²) < 4.78 is 13.2. The monoisotopic (exact) mass is 344 g/mol. The number of aryl methyl sites for hydroxylation is 1. The number of hydrogen-bond acceptors (Lipinski definition) is 3. The molecule has 1 aliphatic rings. The molecule has 0 spiro atoms. The molecule has 2 aromatic carbocycles. The molecule has 4 nitrogen and oxygen atoms in total. The largest absolute Gasteiger partial charge is 0.324 e. The number of hydrogen-bond donors (Lipinski definition) is 1. The molecule has 0 bridgehead atoms. The SMILES string of the molecule is Cc1cc(F)ccc1NC(=O)[C@H]1CSCN1C(=O)c1ccccc1. The molecule has 6 heteroatoms. The lowest BCUT2D eigenvalue weighted by Crippen LogP contribution is -2.44. The number of nitrogens with zero attached hydrogens (tertiary/aromatic N) is 1. The maximum atomic E-state index is 13.2. The normalized spacial score (nSPS) is 16.9. The Morgan fingerprint density at radius 1 is 1.21 bits per heavy atom. The lowest BCUT2D eigenvalue weighted by molar-refractivity contribution is -0.119. The third-order valence-corrected chi connectivity index (χ3v) is 4.93. The lowest BCUT2D eigenvalue weighted by atomic mass is 10.1. The Morgan fingerprint density at radius 2 is 1.96 bits per heavy atom. The average Bonchev–Trinajstić information content (AvgIpc) is 3.07. The molecular formula is C18H17FN2O2S. The molecule has 0 unspecified atom stereocenters. The molecule has 1 N–H and O–H groups in total. The van der Waals surface area contributed by atoms with Gasteiger partial charge in [0.2, 0.25) is 5.91 Å². The molecule has 0 saturated carbocycles. The van der Waals surface area contributed by atoms with Gasteiger partial charge in [-0.15, -0.1) is 11.8 Å². The van der Waals surface area contributed by atoms with E-state index in [9.17, 15) is 14.0 Å². The minimum atomic E-state index is -0.535. The first-order valence-electron chi connectivity index (χ1n) is 7.57. The first kappa shape index (κ1) is 16.5. The van der Waals surface area contributed by atoms with Gasteiger partial charge in [0.1, 0.15) is 11.9 Å². The fourth-order valence-electron chi connectivity index (χ4n) is 2.59. The highest BCUT2D eigenvalue weighted by Crippen LogP contribution is 2.25. The second kappa shape index (κ2) is 7.05. The number of anilines is 1. The molecule has 3 rings (SSSR count). The predicted octanol–water partition coefficient (Wildman–Crippen LogP) is 3.29.